The number of nitro groups is 1. The van der Waals surface area contributed by atoms with E-state index in [1.165, 1.54) is 24.3 Å². The average molecular weight is 385 g/mol. The molecular formula is C24H19NO4. The second-order valence-electron chi connectivity index (χ2n) is 6.17. The molecule has 0 radical (unpaired) electrons. The molecule has 144 valence electrons. The topological polar surface area (TPSA) is 69.4 Å². The van der Waals surface area contributed by atoms with Gasteiger partial charge in [0.05, 0.1) is 11.3 Å². The maximum absolute atomic E-state index is 12.0. The normalized spacial score (nSPS) is 10.5. The van der Waals surface area contributed by atoms with Crippen LogP contribution in [-0.4, -0.2) is 10.9 Å². The number of carbonyl (C=O) groups excluding carboxylic acids is 1. The minimum Gasteiger partial charge on any atom is -0.426 e. The number of hydrogen-bond acceptors (Lipinski definition) is 4. The lowest BCUT2D eigenvalue weighted by molar-refractivity contribution is -0.384. The van der Waals surface area contributed by atoms with Gasteiger partial charge in [0.1, 0.15) is 5.75 Å². The van der Waals surface area contributed by atoms with Crippen LogP contribution in [0.3, 0.4) is 0 Å². The SMILES string of the molecule is O=C(C/C=C/C=C(c1ccccc1)c1ccccc1)Oc1ccc([N+](=O)[O-])cc1. The standard InChI is InChI=1S/C24H19NO4/c26-24(29-22-17-15-21(16-18-22)25(27)28)14-8-7-13-23(19-9-3-1-4-10-19)20-11-5-2-6-12-20/h1-13,15-18H,14H2/b8-7+. The van der Waals surface area contributed by atoms with Crippen molar-refractivity contribution < 1.29 is 14.5 Å². The molecule has 3 aromatic rings. The zero-order valence-corrected chi connectivity index (χ0v) is 15.6. The van der Waals surface area contributed by atoms with Gasteiger partial charge in [-0.15, -0.1) is 0 Å². The number of nitrogens with zero attached hydrogens (tertiary/aromatic N) is 1. The highest BCUT2D eigenvalue weighted by Gasteiger charge is 2.07. The van der Waals surface area contributed by atoms with Crippen LogP contribution in [0.1, 0.15) is 17.5 Å². The first-order chi connectivity index (χ1) is 14.1. The number of carbonyl (C=O) groups is 1. The van der Waals surface area contributed by atoms with Crippen molar-refractivity contribution in [1.29, 1.82) is 0 Å². The predicted molar refractivity (Wildman–Crippen MR) is 112 cm³/mol. The number of non-ortho nitro benzene ring substituents is 1. The Morgan fingerprint density at radius 2 is 1.41 bits per heavy atom. The summed E-state index contributed by atoms with van der Waals surface area (Å²) in [6, 6.07) is 25.4. The zero-order chi connectivity index (χ0) is 20.5. The van der Waals surface area contributed by atoms with Gasteiger partial charge in [-0.25, -0.2) is 0 Å². The Kier molecular flexibility index (Phi) is 6.68. The third-order valence-electron chi connectivity index (χ3n) is 4.13. The van der Waals surface area contributed by atoms with Crippen molar-refractivity contribution in [3.05, 3.63) is 124 Å². The van der Waals surface area contributed by atoms with Crippen LogP contribution in [0.4, 0.5) is 5.69 Å². The van der Waals surface area contributed by atoms with Gasteiger partial charge < -0.3 is 4.74 Å². The molecule has 0 aliphatic carbocycles. The number of rotatable bonds is 7. The van der Waals surface area contributed by atoms with E-state index >= 15 is 0 Å². The van der Waals surface area contributed by atoms with Crippen molar-refractivity contribution in [2.24, 2.45) is 0 Å². The molecule has 0 saturated heterocycles. The molecule has 0 spiro atoms. The molecule has 0 unspecified atom stereocenters. The molecule has 0 aliphatic rings. The van der Waals surface area contributed by atoms with E-state index in [9.17, 15) is 14.9 Å². The molecule has 0 heterocycles. The Balaban J connectivity index is 1.66. The van der Waals surface area contributed by atoms with Gasteiger partial charge in [-0.05, 0) is 28.8 Å². The summed E-state index contributed by atoms with van der Waals surface area (Å²) < 4.78 is 5.19. The molecule has 29 heavy (non-hydrogen) atoms. The molecule has 0 atom stereocenters. The summed E-state index contributed by atoms with van der Waals surface area (Å²) in [5.41, 5.74) is 3.16. The van der Waals surface area contributed by atoms with Crippen LogP contribution in [0.5, 0.6) is 5.75 Å². The Labute approximate surface area is 168 Å². The van der Waals surface area contributed by atoms with Crippen molar-refractivity contribution in [2.45, 2.75) is 6.42 Å². The fraction of sp³-hybridized carbons (Fsp3) is 0.0417. The summed E-state index contributed by atoms with van der Waals surface area (Å²) in [5.74, 6) is -0.164. The van der Waals surface area contributed by atoms with Crippen molar-refractivity contribution >= 4 is 17.2 Å². The molecule has 0 aromatic heterocycles. The Morgan fingerprint density at radius 1 is 0.862 bits per heavy atom. The molecule has 3 aromatic carbocycles. The number of esters is 1. The van der Waals surface area contributed by atoms with Gasteiger partial charge in [0, 0.05) is 12.1 Å². The van der Waals surface area contributed by atoms with Crippen LogP contribution in [0.25, 0.3) is 5.57 Å². The second-order valence-corrected chi connectivity index (χ2v) is 6.17. The molecule has 0 aliphatic heterocycles. The van der Waals surface area contributed by atoms with Crippen LogP contribution < -0.4 is 4.74 Å². The largest absolute Gasteiger partial charge is 0.426 e. The summed E-state index contributed by atoms with van der Waals surface area (Å²) in [5, 5.41) is 10.7. The molecule has 0 fully saturated rings. The molecule has 0 bridgehead atoms. The molecule has 0 amide bonds. The first kappa shape index (κ1) is 19.8. The maximum atomic E-state index is 12.0. The Morgan fingerprint density at radius 3 is 1.93 bits per heavy atom. The van der Waals surface area contributed by atoms with Gasteiger partial charge >= 0.3 is 5.97 Å². The van der Waals surface area contributed by atoms with E-state index in [0.29, 0.717) is 0 Å². The fourth-order valence-electron chi connectivity index (χ4n) is 2.73. The van der Waals surface area contributed by atoms with E-state index in [0.717, 1.165) is 16.7 Å². The highest BCUT2D eigenvalue weighted by Crippen LogP contribution is 2.23. The van der Waals surface area contributed by atoms with Crippen molar-refractivity contribution in [3.8, 4) is 5.75 Å². The molecule has 5 heteroatoms. The van der Waals surface area contributed by atoms with E-state index in [4.69, 9.17) is 4.74 Å². The number of ether oxygens (including phenoxy) is 1. The summed E-state index contributed by atoms with van der Waals surface area (Å²) in [4.78, 5) is 22.1. The number of hydrogen-bond donors (Lipinski definition) is 0. The Bertz CT molecular complexity index is 982. The summed E-state index contributed by atoms with van der Waals surface area (Å²) >= 11 is 0. The summed E-state index contributed by atoms with van der Waals surface area (Å²) in [6.45, 7) is 0. The van der Waals surface area contributed by atoms with Gasteiger partial charge in [0.2, 0.25) is 0 Å². The lowest BCUT2D eigenvalue weighted by Crippen LogP contribution is -2.06. The maximum Gasteiger partial charge on any atom is 0.315 e. The molecule has 5 nitrogen and oxygen atoms in total. The van der Waals surface area contributed by atoms with Crippen LogP contribution in [-0.2, 0) is 4.79 Å². The third kappa shape index (κ3) is 5.74. The summed E-state index contributed by atoms with van der Waals surface area (Å²) in [7, 11) is 0. The van der Waals surface area contributed by atoms with Crippen LogP contribution >= 0.6 is 0 Å². The van der Waals surface area contributed by atoms with E-state index in [1.54, 1.807) is 6.08 Å². The van der Waals surface area contributed by atoms with E-state index in [-0.39, 0.29) is 17.9 Å². The molecular weight excluding hydrogens is 366 g/mol. The van der Waals surface area contributed by atoms with Crippen molar-refractivity contribution in [3.63, 3.8) is 0 Å². The average Bonchev–Trinajstić information content (AvgIpc) is 2.75. The number of allylic oxidation sites excluding steroid dienone is 2. The van der Waals surface area contributed by atoms with Gasteiger partial charge in [0.15, 0.2) is 0 Å². The molecule has 3 rings (SSSR count). The van der Waals surface area contributed by atoms with Gasteiger partial charge in [-0.3, -0.25) is 14.9 Å². The lowest BCUT2D eigenvalue weighted by Gasteiger charge is -2.07. The van der Waals surface area contributed by atoms with E-state index in [2.05, 4.69) is 0 Å². The van der Waals surface area contributed by atoms with Crippen LogP contribution in [0.2, 0.25) is 0 Å². The van der Waals surface area contributed by atoms with E-state index in [1.807, 2.05) is 72.8 Å². The minimum absolute atomic E-state index is 0.0517. The zero-order valence-electron chi connectivity index (χ0n) is 15.6. The summed E-state index contributed by atoms with van der Waals surface area (Å²) in [6.07, 6.45) is 5.60. The van der Waals surface area contributed by atoms with Crippen LogP contribution in [0.15, 0.2) is 103 Å². The fourth-order valence-corrected chi connectivity index (χ4v) is 2.73. The Hall–Kier alpha value is -3.99. The lowest BCUT2D eigenvalue weighted by atomic mass is 9.97. The quantitative estimate of drug-likeness (QED) is 0.175. The predicted octanol–water partition coefficient (Wildman–Crippen LogP) is 5.58. The third-order valence-corrected chi connectivity index (χ3v) is 4.13. The highest BCUT2D eigenvalue weighted by molar-refractivity contribution is 5.81. The first-order valence-corrected chi connectivity index (χ1v) is 9.06. The van der Waals surface area contributed by atoms with Crippen molar-refractivity contribution in [2.75, 3.05) is 0 Å². The minimum atomic E-state index is -0.502. The number of benzene rings is 3. The highest BCUT2D eigenvalue weighted by atomic mass is 16.6. The van der Waals surface area contributed by atoms with E-state index < -0.39 is 10.9 Å². The van der Waals surface area contributed by atoms with Gasteiger partial charge in [0.25, 0.3) is 5.69 Å². The van der Waals surface area contributed by atoms with Crippen molar-refractivity contribution in [1.82, 2.24) is 0 Å². The number of nitro benzene ring substituents is 1. The van der Waals surface area contributed by atoms with Gasteiger partial charge in [-0.1, -0.05) is 78.9 Å². The van der Waals surface area contributed by atoms with Gasteiger partial charge in [-0.2, -0.15) is 0 Å². The molecule has 0 saturated carbocycles. The van der Waals surface area contributed by atoms with Crippen LogP contribution in [0, 0.1) is 10.1 Å². The smallest absolute Gasteiger partial charge is 0.315 e. The molecule has 0 N–H and O–H groups in total. The monoisotopic (exact) mass is 385 g/mol. The first-order valence-electron chi connectivity index (χ1n) is 9.06. The second kappa shape index (κ2) is 9.80.